The summed E-state index contributed by atoms with van der Waals surface area (Å²) in [4.78, 5) is 85.3. The Labute approximate surface area is 538 Å². The lowest BCUT2D eigenvalue weighted by Gasteiger charge is -2.51. The molecule has 8 aliphatic rings. The van der Waals surface area contributed by atoms with E-state index in [2.05, 4.69) is 48.3 Å². The van der Waals surface area contributed by atoms with Gasteiger partial charge in [0.1, 0.15) is 5.78 Å². The maximum atomic E-state index is 16.1. The molecule has 12 rings (SSSR count). The van der Waals surface area contributed by atoms with E-state index in [1.807, 2.05) is 6.07 Å². The molecule has 9 N–H and O–H groups in total. The summed E-state index contributed by atoms with van der Waals surface area (Å²) in [5.74, 6) is -7.04. The molecular formula is C65H78Cl5F2N7O9. The number of pyridine rings is 2. The predicted molar refractivity (Wildman–Crippen MR) is 335 cm³/mol. The number of halogens is 7. The summed E-state index contributed by atoms with van der Waals surface area (Å²) in [7, 11) is 0. The number of carbonyl (C=O) groups is 6. The van der Waals surface area contributed by atoms with Crippen LogP contribution in [0.1, 0.15) is 171 Å². The van der Waals surface area contributed by atoms with Crippen molar-refractivity contribution in [2.45, 2.75) is 178 Å². The van der Waals surface area contributed by atoms with Crippen molar-refractivity contribution in [2.75, 3.05) is 23.8 Å². The molecule has 6 heterocycles. The number of carbonyl (C=O) groups excluding carboxylic acids is 5. The van der Waals surface area contributed by atoms with Crippen molar-refractivity contribution in [2.24, 2.45) is 56.6 Å². The molecule has 2 aromatic carbocycles. The maximum absolute atomic E-state index is 16.1. The van der Waals surface area contributed by atoms with Gasteiger partial charge in [0.25, 0.3) is 0 Å². The molecule has 4 spiro atoms. The number of aromatic nitrogens is 2. The number of ether oxygens (including phenoxy) is 2. The van der Waals surface area contributed by atoms with Crippen LogP contribution in [-0.4, -0.2) is 81.9 Å². The summed E-state index contributed by atoms with van der Waals surface area (Å²) >= 11 is 24.9. The molecule has 476 valence electrons. The second kappa shape index (κ2) is 25.9. The molecular weight excluding hydrogens is 1240 g/mol. The number of benzene rings is 2. The number of aliphatic carboxylic acids is 1. The number of ketones is 1. The Hall–Kier alpha value is -5.05. The number of amides is 4. The first-order chi connectivity index (χ1) is 41.1. The van der Waals surface area contributed by atoms with Crippen molar-refractivity contribution in [3.63, 3.8) is 0 Å². The van der Waals surface area contributed by atoms with Gasteiger partial charge in [-0.15, -0.1) is 12.4 Å². The van der Waals surface area contributed by atoms with Crippen LogP contribution in [0.25, 0.3) is 0 Å². The topological polar surface area (TPSA) is 269 Å². The summed E-state index contributed by atoms with van der Waals surface area (Å²) in [5, 5.41) is 16.7. The lowest BCUT2D eigenvalue weighted by atomic mass is 9.51. The minimum absolute atomic E-state index is 0. The zero-order valence-corrected chi connectivity index (χ0v) is 53.7. The van der Waals surface area contributed by atoms with E-state index in [9.17, 15) is 33.9 Å². The van der Waals surface area contributed by atoms with Crippen molar-refractivity contribution in [1.82, 2.24) is 9.97 Å². The molecule has 16 nitrogen and oxygen atoms in total. The fourth-order valence-electron chi connectivity index (χ4n) is 16.8. The van der Waals surface area contributed by atoms with E-state index >= 15 is 8.78 Å². The van der Waals surface area contributed by atoms with Crippen LogP contribution in [0, 0.1) is 51.0 Å². The van der Waals surface area contributed by atoms with Crippen LogP contribution in [0.3, 0.4) is 0 Å². The van der Waals surface area contributed by atoms with Gasteiger partial charge in [0, 0.05) is 64.0 Å². The monoisotopic (exact) mass is 1310 g/mol. The molecule has 23 heteroatoms. The van der Waals surface area contributed by atoms with Crippen molar-refractivity contribution in [3.8, 4) is 0 Å². The van der Waals surface area contributed by atoms with Crippen LogP contribution in [0.15, 0.2) is 60.9 Å². The van der Waals surface area contributed by atoms with E-state index in [-0.39, 0.29) is 112 Å². The summed E-state index contributed by atoms with van der Waals surface area (Å²) in [6.07, 6.45) is 13.5. The quantitative estimate of drug-likeness (QED) is 0.0810. The number of Topliss-reactive ketones (excluding diaryl/α,β-unsaturated/α-hetero) is 1. The zero-order chi connectivity index (χ0) is 62.8. The Kier molecular flexibility index (Phi) is 19.8. The van der Waals surface area contributed by atoms with Crippen LogP contribution >= 0.6 is 58.8 Å². The molecule has 2 aromatic heterocycles. The first-order valence-corrected chi connectivity index (χ1v) is 31.7. The minimum Gasteiger partial charge on any atom is -0.481 e. The largest absolute Gasteiger partial charge is 0.481 e. The van der Waals surface area contributed by atoms with Crippen LogP contribution in [-0.2, 0) is 49.1 Å². The molecule has 4 saturated carbocycles. The number of nitrogens with one attached hydrogen (secondary N) is 2. The Morgan fingerprint density at radius 2 is 1.03 bits per heavy atom. The summed E-state index contributed by atoms with van der Waals surface area (Å²) in [6, 6.07) is 13.8. The molecule has 4 amide bonds. The Balaban J connectivity index is 0.000000181. The molecule has 4 aliphatic carbocycles. The Bertz CT molecular complexity index is 3360. The highest BCUT2D eigenvalue weighted by Crippen LogP contribution is 2.74. The average Bonchev–Trinajstić information content (AvgIpc) is 1.51. The zero-order valence-electron chi connectivity index (χ0n) is 49.8. The Morgan fingerprint density at radius 1 is 0.614 bits per heavy atom. The lowest BCUT2D eigenvalue weighted by molar-refractivity contribution is -0.142. The van der Waals surface area contributed by atoms with Crippen LogP contribution in [0.5, 0.6) is 0 Å². The van der Waals surface area contributed by atoms with E-state index in [4.69, 9.17) is 73.1 Å². The molecule has 10 atom stereocenters. The first kappa shape index (κ1) is 67.3. The normalized spacial score (nSPS) is 30.0. The standard InChI is InChI=1S/C33H38Cl2FN3O4.C25H25Cl2FN2O3.C7H14N2O2.ClH/c1-31(2)8-10-32(11-9-31)16-22(25(40)13-18-3-5-20(43-17-18)15-26(37)41)27(21-7-12-38-29(35)28(21)36)33(32)23-6-4-19(34)14-24(23)39-30(33)42;1-23(2)6-8-24(9-7-23)12-15(21(31)32)18(14-5-10-29-20(27)19(14)28)25(24)16-4-3-13(26)11-17(16)30-22(25)33;8-5-1-2-6(11-4-5)3-7(9)10;/h4,6-7,12,14,18,20,22,27H,3,5,8-11,13,15-17H2,1-2H3,(H2,37,41)(H,39,42);3-5,10-11,15,18H,6-9,12H2,1-2H3,(H,30,33)(H,31,32);5-6H,1-4,8H2,(H2,9,10);1H/t18-,20-,22-,27-,33+;15-,18+,25-;5-,6+;/m011./s1. The highest BCUT2D eigenvalue weighted by Gasteiger charge is 2.74. The van der Waals surface area contributed by atoms with Gasteiger partial charge in [-0.25, -0.2) is 18.7 Å². The smallest absolute Gasteiger partial charge is 0.307 e. The van der Waals surface area contributed by atoms with E-state index in [1.54, 1.807) is 36.4 Å². The third kappa shape index (κ3) is 12.3. The molecule has 6 fully saturated rings. The fourth-order valence-corrected chi connectivity index (χ4v) is 17.5. The number of carboxylic acids is 1. The van der Waals surface area contributed by atoms with Crippen molar-refractivity contribution in [3.05, 3.63) is 115 Å². The summed E-state index contributed by atoms with van der Waals surface area (Å²) in [6.45, 7) is 9.76. The number of primary amides is 2. The van der Waals surface area contributed by atoms with E-state index in [0.717, 1.165) is 63.4 Å². The lowest BCUT2D eigenvalue weighted by Crippen LogP contribution is -2.52. The molecule has 0 unspecified atom stereocenters. The van der Waals surface area contributed by atoms with Gasteiger partial charge < -0.3 is 42.4 Å². The predicted octanol–water partition coefficient (Wildman–Crippen LogP) is 12.7. The van der Waals surface area contributed by atoms with E-state index in [1.165, 1.54) is 18.5 Å². The minimum atomic E-state index is -1.25. The SMILES string of the molecule is CC1(C)CCC2(CC1)C[C@@H](C(=O)C[C@@H]1CC[C@@H](CC(N)=O)OC1)[C@H](c1ccnc(Cl)c1F)[C@]21C(=O)Nc2cc(Cl)ccc21.CC1(C)CCC2(CC1)C[C@@H](C(=O)O)[C@H](c1ccnc(Cl)c1F)[C@]21C(=O)Nc2cc(Cl)ccc21.Cl.NC(=O)C[C@@H]1CC[C@@H](N)CO1. The van der Waals surface area contributed by atoms with Crippen molar-refractivity contribution in [1.29, 1.82) is 0 Å². The average molecular weight is 1320 g/mol. The number of carboxylic acid groups (broad SMARTS) is 1. The van der Waals surface area contributed by atoms with Gasteiger partial charge in [-0.3, -0.25) is 28.8 Å². The Morgan fingerprint density at radius 3 is 1.43 bits per heavy atom. The number of nitrogens with zero attached hydrogens (tertiary/aromatic N) is 2. The van der Waals surface area contributed by atoms with Gasteiger partial charge >= 0.3 is 5.97 Å². The molecule has 2 saturated heterocycles. The van der Waals surface area contributed by atoms with E-state index < -0.39 is 68.8 Å². The van der Waals surface area contributed by atoms with Crippen LogP contribution in [0.4, 0.5) is 20.2 Å². The second-order valence-electron chi connectivity index (χ2n) is 27.4. The van der Waals surface area contributed by atoms with Crippen LogP contribution < -0.4 is 27.8 Å². The number of anilines is 2. The van der Waals surface area contributed by atoms with Gasteiger partial charge in [-0.1, -0.05) is 86.2 Å². The molecule has 4 aromatic rings. The van der Waals surface area contributed by atoms with Crippen molar-refractivity contribution >= 4 is 106 Å². The second-order valence-corrected chi connectivity index (χ2v) is 29.0. The fraction of sp³-hybridized carbons (Fsp3) is 0.569. The maximum Gasteiger partial charge on any atom is 0.307 e. The van der Waals surface area contributed by atoms with Crippen LogP contribution in [0.2, 0.25) is 20.4 Å². The van der Waals surface area contributed by atoms with Gasteiger partial charge in [0.2, 0.25) is 23.6 Å². The highest BCUT2D eigenvalue weighted by molar-refractivity contribution is 6.32. The van der Waals surface area contributed by atoms with Gasteiger partial charge in [-0.05, 0) is 176 Å². The third-order valence-corrected chi connectivity index (χ3v) is 22.1. The van der Waals surface area contributed by atoms with E-state index in [0.29, 0.717) is 72.3 Å². The molecule has 4 aliphatic heterocycles. The van der Waals surface area contributed by atoms with Gasteiger partial charge in [0.15, 0.2) is 21.9 Å². The number of nitrogens with two attached hydrogens (primary N) is 3. The van der Waals surface area contributed by atoms with Gasteiger partial charge in [-0.2, -0.15) is 0 Å². The highest BCUT2D eigenvalue weighted by atomic mass is 35.5. The molecule has 0 bridgehead atoms. The molecule has 88 heavy (non-hydrogen) atoms. The summed E-state index contributed by atoms with van der Waals surface area (Å²) < 4.78 is 42.7. The number of rotatable bonds is 10. The molecule has 0 radical (unpaired) electrons. The number of hydrogen-bond donors (Lipinski definition) is 6. The van der Waals surface area contributed by atoms with Crippen molar-refractivity contribution < 1.29 is 52.1 Å². The number of hydrogen-bond acceptors (Lipinski definition) is 11. The third-order valence-electron chi connectivity index (χ3n) is 21.2. The van der Waals surface area contributed by atoms with Gasteiger partial charge in [0.05, 0.1) is 55.0 Å². The summed E-state index contributed by atoms with van der Waals surface area (Å²) in [5.41, 5.74) is 15.5. The number of fused-ring (bicyclic) bond motifs is 6. The first-order valence-electron chi connectivity index (χ1n) is 30.2.